The van der Waals surface area contributed by atoms with E-state index in [-0.39, 0.29) is 11.5 Å². The Morgan fingerprint density at radius 2 is 1.97 bits per heavy atom. The van der Waals surface area contributed by atoms with Gasteiger partial charge in [-0.05, 0) is 42.2 Å². The van der Waals surface area contributed by atoms with Crippen LogP contribution in [0.5, 0.6) is 0 Å². The van der Waals surface area contributed by atoms with Gasteiger partial charge in [-0.3, -0.25) is 4.68 Å². The van der Waals surface area contributed by atoms with Crippen molar-refractivity contribution in [3.63, 3.8) is 0 Å². The Hall–Kier alpha value is -3.59. The molecule has 4 heterocycles. The lowest BCUT2D eigenvalue weighted by Gasteiger charge is -2.21. The highest BCUT2D eigenvalue weighted by Crippen LogP contribution is 2.37. The molecule has 1 aromatic carbocycles. The van der Waals surface area contributed by atoms with Crippen LogP contribution in [-0.4, -0.2) is 37.8 Å². The summed E-state index contributed by atoms with van der Waals surface area (Å²) in [4.78, 5) is 14.5. The smallest absolute Gasteiger partial charge is 0.228 e. The highest BCUT2D eigenvalue weighted by atomic mass is 35.5. The number of fused-ring (bicyclic) bond motifs is 1. The molecule has 33 heavy (non-hydrogen) atoms. The zero-order valence-electron chi connectivity index (χ0n) is 17.8. The fourth-order valence-corrected chi connectivity index (χ4v) is 4.23. The standard InChI is InChI=1S/C23H20ClF2N7/c1-32-18(5-10-29-32)31-23-28-9-4-17(30-23)16-13-15-7-12-33(21(15)20(26)19(16)25)11-6-14-3-2-8-27-22(14)24/h2-5,8-10,13H,6-7,11-12H2,1H3,(H,28,30,31). The van der Waals surface area contributed by atoms with Crippen LogP contribution in [0, 0.1) is 11.6 Å². The fraction of sp³-hybridized carbons (Fsp3) is 0.217. The van der Waals surface area contributed by atoms with E-state index in [1.54, 1.807) is 42.3 Å². The number of aromatic nitrogens is 5. The molecule has 0 spiro atoms. The van der Waals surface area contributed by atoms with E-state index in [9.17, 15) is 0 Å². The molecule has 4 aromatic rings. The van der Waals surface area contributed by atoms with E-state index in [1.807, 2.05) is 17.0 Å². The van der Waals surface area contributed by atoms with E-state index < -0.39 is 11.6 Å². The second-order valence-corrected chi connectivity index (χ2v) is 8.09. The van der Waals surface area contributed by atoms with Gasteiger partial charge in [-0.25, -0.2) is 23.7 Å². The lowest BCUT2D eigenvalue weighted by molar-refractivity contribution is 0.510. The summed E-state index contributed by atoms with van der Waals surface area (Å²) in [5, 5.41) is 7.54. The first-order chi connectivity index (χ1) is 16.0. The van der Waals surface area contributed by atoms with Crippen LogP contribution in [0.15, 0.2) is 48.9 Å². The number of rotatable bonds is 6. The maximum Gasteiger partial charge on any atom is 0.228 e. The molecule has 0 saturated heterocycles. The predicted molar refractivity (Wildman–Crippen MR) is 123 cm³/mol. The zero-order valence-corrected chi connectivity index (χ0v) is 18.5. The quantitative estimate of drug-likeness (QED) is 0.419. The van der Waals surface area contributed by atoms with E-state index in [0.29, 0.717) is 48.3 Å². The minimum atomic E-state index is -0.926. The highest BCUT2D eigenvalue weighted by Gasteiger charge is 2.28. The molecular weight excluding hydrogens is 448 g/mol. The Morgan fingerprint density at radius 3 is 2.76 bits per heavy atom. The van der Waals surface area contributed by atoms with Gasteiger partial charge in [-0.1, -0.05) is 17.7 Å². The number of halogens is 3. The van der Waals surface area contributed by atoms with Crippen LogP contribution in [0.25, 0.3) is 11.3 Å². The van der Waals surface area contributed by atoms with Crippen molar-refractivity contribution in [2.24, 2.45) is 7.05 Å². The molecule has 1 aliphatic heterocycles. The molecule has 0 atom stereocenters. The molecule has 0 aliphatic carbocycles. The number of hydrogen-bond acceptors (Lipinski definition) is 6. The first-order valence-corrected chi connectivity index (χ1v) is 10.8. The van der Waals surface area contributed by atoms with Crippen molar-refractivity contribution in [3.05, 3.63) is 76.8 Å². The average Bonchev–Trinajstić information content (AvgIpc) is 3.41. The number of benzene rings is 1. The van der Waals surface area contributed by atoms with Gasteiger partial charge in [0.2, 0.25) is 5.95 Å². The molecule has 0 unspecified atom stereocenters. The number of aryl methyl sites for hydroxylation is 1. The summed E-state index contributed by atoms with van der Waals surface area (Å²) >= 11 is 6.14. The normalized spacial score (nSPS) is 12.8. The number of pyridine rings is 1. The van der Waals surface area contributed by atoms with Crippen molar-refractivity contribution in [1.29, 1.82) is 0 Å². The van der Waals surface area contributed by atoms with Crippen LogP contribution in [0.4, 0.5) is 26.2 Å². The van der Waals surface area contributed by atoms with Gasteiger partial charge < -0.3 is 10.2 Å². The van der Waals surface area contributed by atoms with Crippen LogP contribution in [0.3, 0.4) is 0 Å². The van der Waals surface area contributed by atoms with Gasteiger partial charge >= 0.3 is 0 Å². The van der Waals surface area contributed by atoms with Crippen molar-refractivity contribution >= 4 is 29.1 Å². The Labute approximate surface area is 194 Å². The van der Waals surface area contributed by atoms with Gasteiger partial charge in [0.25, 0.3) is 0 Å². The number of nitrogens with zero attached hydrogens (tertiary/aromatic N) is 6. The van der Waals surface area contributed by atoms with Crippen molar-refractivity contribution in [2.45, 2.75) is 12.8 Å². The Kier molecular flexibility index (Phi) is 5.63. The van der Waals surface area contributed by atoms with Crippen LogP contribution < -0.4 is 10.2 Å². The van der Waals surface area contributed by atoms with Crippen LogP contribution in [0.1, 0.15) is 11.1 Å². The number of hydrogen-bond donors (Lipinski definition) is 1. The Morgan fingerprint density at radius 1 is 1.09 bits per heavy atom. The van der Waals surface area contributed by atoms with Gasteiger partial charge in [0.05, 0.1) is 17.6 Å². The number of anilines is 3. The predicted octanol–water partition coefficient (Wildman–Crippen LogP) is 4.55. The monoisotopic (exact) mass is 467 g/mol. The zero-order chi connectivity index (χ0) is 22.9. The maximum atomic E-state index is 15.2. The molecule has 10 heteroatoms. The summed E-state index contributed by atoms with van der Waals surface area (Å²) in [7, 11) is 1.77. The molecule has 1 aliphatic rings. The summed E-state index contributed by atoms with van der Waals surface area (Å²) in [5.74, 6) is -0.842. The summed E-state index contributed by atoms with van der Waals surface area (Å²) < 4.78 is 32.0. The molecule has 7 nitrogen and oxygen atoms in total. The third kappa shape index (κ3) is 4.11. The maximum absolute atomic E-state index is 15.2. The lowest BCUT2D eigenvalue weighted by Crippen LogP contribution is -2.24. The van der Waals surface area contributed by atoms with Crippen molar-refractivity contribution in [2.75, 3.05) is 23.3 Å². The van der Waals surface area contributed by atoms with Gasteiger partial charge in [0.15, 0.2) is 11.6 Å². The average molecular weight is 468 g/mol. The van der Waals surface area contributed by atoms with Crippen molar-refractivity contribution in [1.82, 2.24) is 24.7 Å². The van der Waals surface area contributed by atoms with E-state index >= 15 is 8.78 Å². The molecule has 0 saturated carbocycles. The van der Waals surface area contributed by atoms with Gasteiger partial charge in [-0.15, -0.1) is 0 Å². The van der Waals surface area contributed by atoms with Crippen LogP contribution in [0.2, 0.25) is 5.15 Å². The van der Waals surface area contributed by atoms with Crippen molar-refractivity contribution in [3.8, 4) is 11.3 Å². The first-order valence-electron chi connectivity index (χ1n) is 10.4. The second-order valence-electron chi connectivity index (χ2n) is 7.73. The van der Waals surface area contributed by atoms with Gasteiger partial charge in [0.1, 0.15) is 11.0 Å². The fourth-order valence-electron chi connectivity index (χ4n) is 4.02. The molecule has 0 radical (unpaired) electrons. The molecule has 168 valence electrons. The van der Waals surface area contributed by atoms with E-state index in [1.165, 1.54) is 6.20 Å². The Bertz CT molecular complexity index is 1320. The molecule has 1 N–H and O–H groups in total. The minimum absolute atomic E-state index is 0.110. The minimum Gasteiger partial charge on any atom is -0.368 e. The molecule has 3 aromatic heterocycles. The van der Waals surface area contributed by atoms with Crippen LogP contribution >= 0.6 is 11.6 Å². The largest absolute Gasteiger partial charge is 0.368 e. The van der Waals surface area contributed by atoms with Gasteiger partial charge in [-0.2, -0.15) is 5.10 Å². The van der Waals surface area contributed by atoms with Crippen LogP contribution in [-0.2, 0) is 19.9 Å². The van der Waals surface area contributed by atoms with E-state index in [4.69, 9.17) is 11.6 Å². The molecular formula is C23H20ClF2N7. The third-order valence-corrected chi connectivity index (χ3v) is 6.05. The lowest BCUT2D eigenvalue weighted by atomic mass is 10.0. The topological polar surface area (TPSA) is 71.8 Å². The molecule has 0 bridgehead atoms. The van der Waals surface area contributed by atoms with E-state index in [2.05, 4.69) is 25.4 Å². The van der Waals surface area contributed by atoms with Crippen molar-refractivity contribution < 1.29 is 8.78 Å². The summed E-state index contributed by atoms with van der Waals surface area (Å²) in [6, 6.07) is 8.71. The Balaban J connectivity index is 1.41. The first kappa shape index (κ1) is 21.3. The second kappa shape index (κ2) is 8.74. The summed E-state index contributed by atoms with van der Waals surface area (Å²) in [6.07, 6.45) is 5.97. The molecule has 0 fully saturated rings. The summed E-state index contributed by atoms with van der Waals surface area (Å²) in [6.45, 7) is 1.12. The highest BCUT2D eigenvalue weighted by molar-refractivity contribution is 6.30. The molecule has 0 amide bonds. The number of nitrogens with one attached hydrogen (secondary N) is 1. The molecule has 5 rings (SSSR count). The van der Waals surface area contributed by atoms with Gasteiger partial charge in [0, 0.05) is 44.2 Å². The SMILES string of the molecule is Cn1nccc1Nc1nccc(-c2cc3c(c(F)c2F)N(CCc2cccnc2Cl)CC3)n1. The third-order valence-electron chi connectivity index (χ3n) is 5.71. The summed E-state index contributed by atoms with van der Waals surface area (Å²) in [5.41, 5.74) is 2.34. The van der Waals surface area contributed by atoms with E-state index in [0.717, 1.165) is 11.1 Å².